The first-order valence-electron chi connectivity index (χ1n) is 7.42. The molecule has 9 heteroatoms. The van der Waals surface area contributed by atoms with Crippen molar-refractivity contribution in [2.24, 2.45) is 0 Å². The van der Waals surface area contributed by atoms with Crippen molar-refractivity contribution >= 4 is 51.3 Å². The Balaban J connectivity index is 2.02. The van der Waals surface area contributed by atoms with Gasteiger partial charge >= 0.3 is 0 Å². The number of methoxy groups -OCH3 is 2. The molecular weight excluding hydrogens is 382 g/mol. The topological polar surface area (TPSA) is 72.5 Å². The summed E-state index contributed by atoms with van der Waals surface area (Å²) < 4.78 is 10.5. The first-order valence-corrected chi connectivity index (χ1v) is 9.24. The molecule has 0 spiro atoms. The molecule has 0 fully saturated rings. The van der Waals surface area contributed by atoms with Gasteiger partial charge in [0.2, 0.25) is 5.91 Å². The number of anilines is 1. The van der Waals surface area contributed by atoms with Crippen molar-refractivity contribution in [3.8, 4) is 22.8 Å². The van der Waals surface area contributed by atoms with Crippen molar-refractivity contribution in [2.45, 2.75) is 12.8 Å². The number of thiocarbonyl (C=S) groups is 1. The molecule has 0 saturated heterocycles. The average molecular weight is 400 g/mol. The highest BCUT2D eigenvalue weighted by molar-refractivity contribution is 7.80. The van der Waals surface area contributed by atoms with E-state index in [1.807, 2.05) is 23.6 Å². The fraction of sp³-hybridized carbons (Fsp3) is 0.312. The Labute approximate surface area is 160 Å². The molecule has 6 nitrogen and oxygen atoms in total. The van der Waals surface area contributed by atoms with Crippen LogP contribution in [-0.4, -0.2) is 36.1 Å². The minimum Gasteiger partial charge on any atom is -0.493 e. The monoisotopic (exact) mass is 399 g/mol. The van der Waals surface area contributed by atoms with E-state index in [0.717, 1.165) is 11.3 Å². The summed E-state index contributed by atoms with van der Waals surface area (Å²) in [6, 6.07) is 5.57. The summed E-state index contributed by atoms with van der Waals surface area (Å²) in [6.45, 7) is 0. The van der Waals surface area contributed by atoms with Gasteiger partial charge in [-0.25, -0.2) is 4.98 Å². The largest absolute Gasteiger partial charge is 0.493 e. The minimum atomic E-state index is -0.171. The van der Waals surface area contributed by atoms with Crippen LogP contribution in [0.2, 0.25) is 0 Å². The minimum absolute atomic E-state index is 0.171. The van der Waals surface area contributed by atoms with E-state index in [0.29, 0.717) is 35.4 Å². The second kappa shape index (κ2) is 9.55. The Morgan fingerprint density at radius 2 is 2.08 bits per heavy atom. The highest BCUT2D eigenvalue weighted by atomic mass is 35.5. The molecule has 2 aromatic rings. The number of carbonyl (C=O) groups excluding carboxylic acids is 1. The number of nitrogens with one attached hydrogen (secondary N) is 2. The molecular formula is C16H18ClN3O3S2. The number of aromatic nitrogens is 1. The fourth-order valence-electron chi connectivity index (χ4n) is 2.00. The van der Waals surface area contributed by atoms with Crippen molar-refractivity contribution in [3.63, 3.8) is 0 Å². The molecule has 2 rings (SSSR count). The SMILES string of the molecule is COc1ccc(-c2csc(NC(=S)NC(=O)CCCCl)n2)cc1OC. The second-order valence-electron chi connectivity index (χ2n) is 4.90. The fourth-order valence-corrected chi connectivity index (χ4v) is 3.14. The number of hydrogen-bond acceptors (Lipinski definition) is 6. The van der Waals surface area contributed by atoms with E-state index in [4.69, 9.17) is 33.3 Å². The van der Waals surface area contributed by atoms with E-state index in [1.54, 1.807) is 14.2 Å². The molecule has 0 atom stereocenters. The smallest absolute Gasteiger partial charge is 0.226 e. The van der Waals surface area contributed by atoms with Crippen LogP contribution in [0.25, 0.3) is 11.3 Å². The number of thiazole rings is 1. The summed E-state index contributed by atoms with van der Waals surface area (Å²) >= 11 is 12.1. The van der Waals surface area contributed by atoms with Gasteiger partial charge in [0.15, 0.2) is 21.7 Å². The van der Waals surface area contributed by atoms with E-state index in [9.17, 15) is 4.79 Å². The summed E-state index contributed by atoms with van der Waals surface area (Å²) in [5, 5.41) is 8.20. The lowest BCUT2D eigenvalue weighted by Gasteiger charge is -2.08. The van der Waals surface area contributed by atoms with Gasteiger partial charge in [-0.3, -0.25) is 4.79 Å². The third-order valence-electron chi connectivity index (χ3n) is 3.19. The van der Waals surface area contributed by atoms with Crippen molar-refractivity contribution in [3.05, 3.63) is 23.6 Å². The van der Waals surface area contributed by atoms with E-state index in [-0.39, 0.29) is 11.0 Å². The lowest BCUT2D eigenvalue weighted by Crippen LogP contribution is -2.33. The summed E-state index contributed by atoms with van der Waals surface area (Å²) in [4.78, 5) is 16.1. The molecule has 1 heterocycles. The number of halogens is 1. The molecule has 0 saturated carbocycles. The average Bonchev–Trinajstić information content (AvgIpc) is 3.07. The number of ether oxygens (including phenoxy) is 2. The molecule has 0 aliphatic heterocycles. The zero-order chi connectivity index (χ0) is 18.2. The number of hydrogen-bond donors (Lipinski definition) is 2. The van der Waals surface area contributed by atoms with Crippen molar-refractivity contribution < 1.29 is 14.3 Å². The lowest BCUT2D eigenvalue weighted by atomic mass is 10.1. The zero-order valence-electron chi connectivity index (χ0n) is 13.8. The molecule has 0 bridgehead atoms. The third kappa shape index (κ3) is 5.55. The number of alkyl halides is 1. The Morgan fingerprint density at radius 3 is 2.76 bits per heavy atom. The third-order valence-corrected chi connectivity index (χ3v) is 4.42. The van der Waals surface area contributed by atoms with Gasteiger partial charge in [-0.15, -0.1) is 22.9 Å². The van der Waals surface area contributed by atoms with Crippen molar-refractivity contribution in [2.75, 3.05) is 25.4 Å². The Kier molecular flexibility index (Phi) is 7.42. The van der Waals surface area contributed by atoms with Crippen LogP contribution in [0, 0.1) is 0 Å². The van der Waals surface area contributed by atoms with E-state index in [2.05, 4.69) is 15.6 Å². The van der Waals surface area contributed by atoms with Gasteiger partial charge in [-0.1, -0.05) is 0 Å². The van der Waals surface area contributed by atoms with E-state index >= 15 is 0 Å². The maximum Gasteiger partial charge on any atom is 0.226 e. The molecule has 0 aliphatic rings. The molecule has 0 radical (unpaired) electrons. The highest BCUT2D eigenvalue weighted by Gasteiger charge is 2.11. The van der Waals surface area contributed by atoms with Crippen LogP contribution in [0.1, 0.15) is 12.8 Å². The number of benzene rings is 1. The first kappa shape index (κ1) is 19.4. The molecule has 2 N–H and O–H groups in total. The summed E-state index contributed by atoms with van der Waals surface area (Å²) in [7, 11) is 3.17. The zero-order valence-corrected chi connectivity index (χ0v) is 16.2. The van der Waals surface area contributed by atoms with E-state index < -0.39 is 0 Å². The number of amides is 1. The quantitative estimate of drug-likeness (QED) is 0.546. The predicted molar refractivity (Wildman–Crippen MR) is 105 cm³/mol. The van der Waals surface area contributed by atoms with Gasteiger partial charge in [0.1, 0.15) is 0 Å². The van der Waals surface area contributed by atoms with Crippen molar-refractivity contribution in [1.29, 1.82) is 0 Å². The number of rotatable bonds is 7. The first-order chi connectivity index (χ1) is 12.1. The molecule has 1 aromatic heterocycles. The summed E-state index contributed by atoms with van der Waals surface area (Å²) in [5.74, 6) is 1.55. The predicted octanol–water partition coefficient (Wildman–Crippen LogP) is 3.66. The van der Waals surface area contributed by atoms with Gasteiger partial charge in [0, 0.05) is 23.2 Å². The van der Waals surface area contributed by atoms with Crippen LogP contribution >= 0.6 is 35.2 Å². The van der Waals surface area contributed by atoms with Gasteiger partial charge in [-0.05, 0) is 36.8 Å². The molecule has 134 valence electrons. The van der Waals surface area contributed by atoms with Crippen LogP contribution < -0.4 is 20.1 Å². The van der Waals surface area contributed by atoms with Gasteiger partial charge in [0.25, 0.3) is 0 Å². The van der Waals surface area contributed by atoms with Gasteiger partial charge in [-0.2, -0.15) is 0 Å². The standard InChI is InChI=1S/C16H18ClN3O3S2/c1-22-12-6-5-10(8-13(12)23-2)11-9-25-16(18-11)20-15(24)19-14(21)4-3-7-17/h5-6,8-9H,3-4,7H2,1-2H3,(H2,18,19,20,21,24). The Hall–Kier alpha value is -1.90. The lowest BCUT2D eigenvalue weighted by molar-refractivity contribution is -0.119. The molecule has 25 heavy (non-hydrogen) atoms. The van der Waals surface area contributed by atoms with Crippen LogP contribution in [0.3, 0.4) is 0 Å². The summed E-state index contributed by atoms with van der Waals surface area (Å²) in [6.07, 6.45) is 0.941. The van der Waals surface area contributed by atoms with E-state index in [1.165, 1.54) is 11.3 Å². The Morgan fingerprint density at radius 1 is 1.32 bits per heavy atom. The van der Waals surface area contributed by atoms with Crippen LogP contribution in [0.4, 0.5) is 5.13 Å². The molecule has 1 amide bonds. The molecule has 0 aliphatic carbocycles. The highest BCUT2D eigenvalue weighted by Crippen LogP contribution is 2.33. The normalized spacial score (nSPS) is 10.2. The van der Waals surface area contributed by atoms with Crippen LogP contribution in [-0.2, 0) is 4.79 Å². The van der Waals surface area contributed by atoms with Crippen molar-refractivity contribution in [1.82, 2.24) is 10.3 Å². The second-order valence-corrected chi connectivity index (χ2v) is 6.55. The maximum absolute atomic E-state index is 11.6. The number of carbonyl (C=O) groups is 1. The maximum atomic E-state index is 11.6. The van der Waals surface area contributed by atoms with Gasteiger partial charge < -0.3 is 20.1 Å². The van der Waals surface area contributed by atoms with Crippen LogP contribution in [0.5, 0.6) is 11.5 Å². The molecule has 1 aromatic carbocycles. The van der Waals surface area contributed by atoms with Crippen LogP contribution in [0.15, 0.2) is 23.6 Å². The Bertz CT molecular complexity index is 752. The number of nitrogens with zero attached hydrogens (tertiary/aromatic N) is 1. The van der Waals surface area contributed by atoms with Gasteiger partial charge in [0.05, 0.1) is 19.9 Å². The summed E-state index contributed by atoms with van der Waals surface area (Å²) in [5.41, 5.74) is 1.66. The molecule has 0 unspecified atom stereocenters.